The van der Waals surface area contributed by atoms with Gasteiger partial charge in [0.2, 0.25) is 11.8 Å². The molecule has 2 heterocycles. The van der Waals surface area contributed by atoms with Crippen molar-refractivity contribution < 1.29 is 14.3 Å². The van der Waals surface area contributed by atoms with Crippen molar-refractivity contribution in [3.8, 4) is 0 Å². The van der Waals surface area contributed by atoms with E-state index >= 15 is 0 Å². The van der Waals surface area contributed by atoms with Crippen LogP contribution >= 0.6 is 11.6 Å². The minimum absolute atomic E-state index is 0.114. The highest BCUT2D eigenvalue weighted by Crippen LogP contribution is 2.38. The van der Waals surface area contributed by atoms with Gasteiger partial charge >= 0.3 is 0 Å². The Bertz CT molecular complexity index is 664. The van der Waals surface area contributed by atoms with Gasteiger partial charge in [-0.05, 0) is 56.2 Å². The minimum Gasteiger partial charge on any atom is -0.383 e. The fourth-order valence-corrected chi connectivity index (χ4v) is 4.56. The largest absolute Gasteiger partial charge is 0.383 e. The zero-order valence-electron chi connectivity index (χ0n) is 16.1. The number of piperidine rings is 1. The maximum atomic E-state index is 13.2. The molecule has 3 rings (SSSR count). The SMILES string of the molecule is COCCN1CCCC2(CCCN2C(=O)CCCc2ccc(Cl)cc2)C1=O. The minimum atomic E-state index is -0.608. The molecule has 1 aromatic rings. The summed E-state index contributed by atoms with van der Waals surface area (Å²) in [6, 6.07) is 7.76. The van der Waals surface area contributed by atoms with E-state index < -0.39 is 5.54 Å². The van der Waals surface area contributed by atoms with Crippen molar-refractivity contribution in [2.45, 2.75) is 50.5 Å². The highest BCUT2D eigenvalue weighted by atomic mass is 35.5. The van der Waals surface area contributed by atoms with E-state index in [2.05, 4.69) is 0 Å². The number of ether oxygens (including phenoxy) is 1. The molecule has 148 valence electrons. The van der Waals surface area contributed by atoms with Gasteiger partial charge in [0.25, 0.3) is 0 Å². The lowest BCUT2D eigenvalue weighted by Crippen LogP contribution is -2.61. The average molecular weight is 393 g/mol. The van der Waals surface area contributed by atoms with E-state index in [4.69, 9.17) is 16.3 Å². The molecule has 1 unspecified atom stereocenters. The summed E-state index contributed by atoms with van der Waals surface area (Å²) < 4.78 is 5.14. The van der Waals surface area contributed by atoms with Crippen LogP contribution in [-0.4, -0.2) is 60.5 Å². The molecule has 1 atom stereocenters. The number of hydrogen-bond donors (Lipinski definition) is 0. The van der Waals surface area contributed by atoms with Crippen LogP contribution in [0.5, 0.6) is 0 Å². The Hall–Kier alpha value is -1.59. The fraction of sp³-hybridized carbons (Fsp3) is 0.619. The molecule has 2 amide bonds. The summed E-state index contributed by atoms with van der Waals surface area (Å²) in [6.45, 7) is 2.61. The van der Waals surface area contributed by atoms with Crippen molar-refractivity contribution in [2.75, 3.05) is 33.4 Å². The van der Waals surface area contributed by atoms with Gasteiger partial charge in [-0.3, -0.25) is 9.59 Å². The first-order chi connectivity index (χ1) is 13.1. The number of amides is 2. The van der Waals surface area contributed by atoms with Crippen molar-refractivity contribution >= 4 is 23.4 Å². The second-order valence-corrected chi connectivity index (χ2v) is 7.99. The predicted octanol–water partition coefficient (Wildman–Crippen LogP) is 3.29. The number of carbonyl (C=O) groups excluding carboxylic acids is 2. The quantitative estimate of drug-likeness (QED) is 0.715. The van der Waals surface area contributed by atoms with Gasteiger partial charge in [0.15, 0.2) is 0 Å². The second kappa shape index (κ2) is 9.07. The van der Waals surface area contributed by atoms with Crippen LogP contribution in [-0.2, 0) is 20.7 Å². The van der Waals surface area contributed by atoms with Crippen LogP contribution in [0.1, 0.15) is 44.1 Å². The summed E-state index contributed by atoms with van der Waals surface area (Å²) in [4.78, 5) is 29.9. The van der Waals surface area contributed by atoms with Crippen LogP contribution < -0.4 is 0 Å². The van der Waals surface area contributed by atoms with Gasteiger partial charge in [-0.25, -0.2) is 0 Å². The highest BCUT2D eigenvalue weighted by molar-refractivity contribution is 6.30. The third-order valence-electron chi connectivity index (χ3n) is 5.83. The van der Waals surface area contributed by atoms with E-state index in [1.54, 1.807) is 7.11 Å². The van der Waals surface area contributed by atoms with Crippen LogP contribution in [0.25, 0.3) is 0 Å². The van der Waals surface area contributed by atoms with Gasteiger partial charge < -0.3 is 14.5 Å². The summed E-state index contributed by atoms with van der Waals surface area (Å²) in [5.41, 5.74) is 0.575. The fourth-order valence-electron chi connectivity index (χ4n) is 4.43. The molecule has 5 nitrogen and oxygen atoms in total. The van der Waals surface area contributed by atoms with E-state index in [-0.39, 0.29) is 11.8 Å². The topological polar surface area (TPSA) is 49.9 Å². The van der Waals surface area contributed by atoms with Crippen molar-refractivity contribution in [1.82, 2.24) is 9.80 Å². The molecular formula is C21H29ClN2O3. The highest BCUT2D eigenvalue weighted by Gasteiger charge is 2.52. The van der Waals surface area contributed by atoms with Gasteiger partial charge in [-0.2, -0.15) is 0 Å². The molecule has 0 N–H and O–H groups in total. The Morgan fingerprint density at radius 3 is 2.59 bits per heavy atom. The number of halogens is 1. The lowest BCUT2D eigenvalue weighted by atomic mass is 9.85. The normalized spacial score (nSPS) is 22.7. The number of methoxy groups -OCH3 is 1. The molecular weight excluding hydrogens is 364 g/mol. The molecule has 1 aromatic carbocycles. The standard InChI is InChI=1S/C21H29ClN2O3/c1-27-16-15-23-13-3-11-21(20(23)26)12-4-14-24(21)19(25)6-2-5-17-7-9-18(22)10-8-17/h7-10H,2-6,11-16H2,1H3. The first kappa shape index (κ1) is 20.2. The number of carbonyl (C=O) groups is 2. The third-order valence-corrected chi connectivity index (χ3v) is 6.08. The van der Waals surface area contributed by atoms with Crippen LogP contribution in [0.2, 0.25) is 5.02 Å². The molecule has 1 spiro atoms. The molecule has 0 saturated carbocycles. The summed E-state index contributed by atoms with van der Waals surface area (Å²) in [5.74, 6) is 0.234. The summed E-state index contributed by atoms with van der Waals surface area (Å²) >= 11 is 5.92. The van der Waals surface area contributed by atoms with Gasteiger partial charge in [0, 0.05) is 38.2 Å². The molecule has 2 saturated heterocycles. The van der Waals surface area contributed by atoms with Crippen LogP contribution in [0.15, 0.2) is 24.3 Å². The molecule has 0 aliphatic carbocycles. The van der Waals surface area contributed by atoms with E-state index in [0.717, 1.165) is 50.1 Å². The lowest BCUT2D eigenvalue weighted by Gasteiger charge is -2.44. The van der Waals surface area contributed by atoms with Crippen LogP contribution in [0.4, 0.5) is 0 Å². The number of aryl methyl sites for hydroxylation is 1. The molecule has 0 bridgehead atoms. The predicted molar refractivity (Wildman–Crippen MR) is 106 cm³/mol. The lowest BCUT2D eigenvalue weighted by molar-refractivity contribution is -0.155. The Morgan fingerprint density at radius 1 is 1.19 bits per heavy atom. The number of nitrogens with zero attached hydrogens (tertiary/aromatic N) is 2. The maximum Gasteiger partial charge on any atom is 0.248 e. The molecule has 27 heavy (non-hydrogen) atoms. The molecule has 2 aliphatic heterocycles. The summed E-state index contributed by atoms with van der Waals surface area (Å²) in [6.07, 6.45) is 5.55. The Labute approximate surface area is 166 Å². The van der Waals surface area contributed by atoms with Gasteiger partial charge in [-0.1, -0.05) is 23.7 Å². The van der Waals surface area contributed by atoms with E-state index in [0.29, 0.717) is 26.1 Å². The van der Waals surface area contributed by atoms with Crippen molar-refractivity contribution in [2.24, 2.45) is 0 Å². The summed E-state index contributed by atoms with van der Waals surface area (Å²) in [5, 5.41) is 0.725. The van der Waals surface area contributed by atoms with Crippen molar-refractivity contribution in [1.29, 1.82) is 0 Å². The van der Waals surface area contributed by atoms with E-state index in [1.165, 1.54) is 5.56 Å². The zero-order chi connectivity index (χ0) is 19.3. The number of hydrogen-bond acceptors (Lipinski definition) is 3. The van der Waals surface area contributed by atoms with Crippen LogP contribution in [0, 0.1) is 0 Å². The molecule has 0 aromatic heterocycles. The molecule has 2 fully saturated rings. The molecule has 6 heteroatoms. The number of benzene rings is 1. The van der Waals surface area contributed by atoms with Crippen LogP contribution in [0.3, 0.4) is 0 Å². The van der Waals surface area contributed by atoms with Gasteiger partial charge in [0.1, 0.15) is 5.54 Å². The van der Waals surface area contributed by atoms with E-state index in [9.17, 15) is 9.59 Å². The van der Waals surface area contributed by atoms with Crippen molar-refractivity contribution in [3.63, 3.8) is 0 Å². The van der Waals surface area contributed by atoms with Gasteiger partial charge in [0.05, 0.1) is 6.61 Å². The second-order valence-electron chi connectivity index (χ2n) is 7.55. The number of rotatable bonds is 7. The first-order valence-corrected chi connectivity index (χ1v) is 10.3. The third kappa shape index (κ3) is 4.46. The maximum absolute atomic E-state index is 13.2. The number of likely N-dealkylation sites (tertiary alicyclic amines) is 2. The monoisotopic (exact) mass is 392 g/mol. The van der Waals surface area contributed by atoms with Crippen molar-refractivity contribution in [3.05, 3.63) is 34.9 Å². The van der Waals surface area contributed by atoms with E-state index in [1.807, 2.05) is 34.1 Å². The Morgan fingerprint density at radius 2 is 1.89 bits per heavy atom. The Kier molecular flexibility index (Phi) is 6.77. The zero-order valence-corrected chi connectivity index (χ0v) is 16.8. The summed E-state index contributed by atoms with van der Waals surface area (Å²) in [7, 11) is 1.65. The van der Waals surface area contributed by atoms with Gasteiger partial charge in [-0.15, -0.1) is 0 Å². The smallest absolute Gasteiger partial charge is 0.248 e. The average Bonchev–Trinajstić information content (AvgIpc) is 3.09. The molecule has 2 aliphatic rings. The molecule has 0 radical (unpaired) electrons. The first-order valence-electron chi connectivity index (χ1n) is 9.90. The Balaban J connectivity index is 1.59.